The van der Waals surface area contributed by atoms with Gasteiger partial charge in [0.2, 0.25) is 5.72 Å². The normalized spacial score (nSPS) is 19.3. The number of aryl methyl sites for hydroxylation is 1. The number of hydrogen-bond acceptors (Lipinski definition) is 7. The van der Waals surface area contributed by atoms with E-state index < -0.39 is 5.72 Å². The van der Waals surface area contributed by atoms with Gasteiger partial charge in [0.25, 0.3) is 0 Å². The molecule has 4 aromatic carbocycles. The molecule has 2 aliphatic rings. The van der Waals surface area contributed by atoms with Crippen LogP contribution in [0.15, 0.2) is 126 Å². The number of halogens is 1. The van der Waals surface area contributed by atoms with Crippen molar-refractivity contribution in [1.29, 1.82) is 0 Å². The molecule has 0 amide bonds. The van der Waals surface area contributed by atoms with E-state index >= 15 is 0 Å². The van der Waals surface area contributed by atoms with Crippen molar-refractivity contribution in [2.45, 2.75) is 29.2 Å². The molecule has 6 aromatic rings. The predicted octanol–water partition coefficient (Wildman–Crippen LogP) is 8.07. The lowest BCUT2D eigenvalue weighted by Gasteiger charge is -2.38. The summed E-state index contributed by atoms with van der Waals surface area (Å²) in [6.07, 6.45) is 3.83. The van der Waals surface area contributed by atoms with Crippen LogP contribution in [0, 0.1) is 6.92 Å². The summed E-state index contributed by atoms with van der Waals surface area (Å²) in [4.78, 5) is 19.4. The number of aromatic nitrogens is 4. The van der Waals surface area contributed by atoms with E-state index in [2.05, 4.69) is 82.6 Å². The number of hydrogen-bond donors (Lipinski definition) is 0. The fraction of sp³-hybridized carbons (Fsp3) is 0.118. The number of rotatable bonds is 4. The van der Waals surface area contributed by atoms with E-state index in [1.54, 1.807) is 29.1 Å². The van der Waals surface area contributed by atoms with Crippen molar-refractivity contribution < 1.29 is 4.84 Å². The number of fused-ring (bicyclic) bond motifs is 4. The molecule has 0 saturated heterocycles. The minimum absolute atomic E-state index is 0.0808. The van der Waals surface area contributed by atoms with Crippen molar-refractivity contribution in [2.24, 2.45) is 5.16 Å². The van der Waals surface area contributed by atoms with Gasteiger partial charge < -0.3 is 4.84 Å². The minimum Gasteiger partial charge on any atom is -0.360 e. The number of nitrogens with zero attached hydrogens (tertiary/aromatic N) is 6. The van der Waals surface area contributed by atoms with E-state index in [0.717, 1.165) is 49.8 Å². The standard InChI is InChI=1S/C34H25ClN6OS/c1-22-11-16-28-24(17-22)18-27(33(38-28)40-21-36-20-37-40)31-19-34(25-7-3-2-4-8-25)41(29-9-5-6-10-30(29)43-31)32(39-42-34)23-12-14-26(35)15-13-23/h2-18,20-21,31H,19H2,1H3. The van der Waals surface area contributed by atoms with Gasteiger partial charge in [0, 0.05) is 43.7 Å². The Hall–Kier alpha value is -4.66. The largest absolute Gasteiger partial charge is 0.360 e. The summed E-state index contributed by atoms with van der Waals surface area (Å²) in [7, 11) is 0. The summed E-state index contributed by atoms with van der Waals surface area (Å²) < 4.78 is 1.75. The lowest BCUT2D eigenvalue weighted by molar-refractivity contribution is -0.0283. The fourth-order valence-electron chi connectivity index (χ4n) is 5.99. The van der Waals surface area contributed by atoms with Gasteiger partial charge in [-0.25, -0.2) is 14.6 Å². The van der Waals surface area contributed by atoms with Crippen LogP contribution in [0.2, 0.25) is 5.02 Å². The Bertz CT molecular complexity index is 2000. The maximum Gasteiger partial charge on any atom is 0.242 e. The van der Waals surface area contributed by atoms with Crippen LogP contribution in [0.5, 0.6) is 0 Å². The SMILES string of the molecule is Cc1ccc2nc(-n3cncn3)c(C3CC4(c5ccccc5)ON=C(c5ccc(Cl)cc5)N4c4ccccc4S3)cc2c1. The van der Waals surface area contributed by atoms with Crippen LogP contribution < -0.4 is 4.90 Å². The van der Waals surface area contributed by atoms with Gasteiger partial charge in [-0.2, -0.15) is 5.10 Å². The highest BCUT2D eigenvalue weighted by Gasteiger charge is 2.53. The van der Waals surface area contributed by atoms with Crippen LogP contribution in [0.4, 0.5) is 5.69 Å². The summed E-state index contributed by atoms with van der Waals surface area (Å²) in [5.41, 5.74) is 5.16. The molecule has 0 radical (unpaired) electrons. The molecular weight excluding hydrogens is 576 g/mol. The Morgan fingerprint density at radius 3 is 2.56 bits per heavy atom. The van der Waals surface area contributed by atoms with Gasteiger partial charge in [-0.1, -0.05) is 70.9 Å². The van der Waals surface area contributed by atoms with Gasteiger partial charge in [-0.15, -0.1) is 11.8 Å². The Morgan fingerprint density at radius 2 is 1.74 bits per heavy atom. The summed E-state index contributed by atoms with van der Waals surface area (Å²) in [5.74, 6) is 1.48. The summed E-state index contributed by atoms with van der Waals surface area (Å²) in [6.45, 7) is 2.10. The van der Waals surface area contributed by atoms with Crippen LogP contribution in [-0.2, 0) is 10.6 Å². The molecule has 0 spiro atoms. The topological polar surface area (TPSA) is 68.4 Å². The van der Waals surface area contributed by atoms with Gasteiger partial charge in [0.05, 0.1) is 11.2 Å². The molecule has 0 saturated carbocycles. The second kappa shape index (κ2) is 10.3. The molecule has 43 heavy (non-hydrogen) atoms. The number of para-hydroxylation sites is 1. The van der Waals surface area contributed by atoms with Gasteiger partial charge in [0.15, 0.2) is 11.7 Å². The quantitative estimate of drug-likeness (QED) is 0.204. The Balaban J connectivity index is 1.37. The third-order valence-electron chi connectivity index (χ3n) is 7.98. The van der Waals surface area contributed by atoms with Gasteiger partial charge in [-0.05, 0) is 61.5 Å². The highest BCUT2D eigenvalue weighted by atomic mass is 35.5. The van der Waals surface area contributed by atoms with Crippen molar-refractivity contribution in [1.82, 2.24) is 19.7 Å². The van der Waals surface area contributed by atoms with E-state index in [1.165, 1.54) is 5.56 Å². The molecule has 4 heterocycles. The van der Waals surface area contributed by atoms with E-state index in [4.69, 9.17) is 26.6 Å². The second-order valence-electron chi connectivity index (χ2n) is 10.7. The molecular formula is C34H25ClN6OS. The number of oxime groups is 1. The van der Waals surface area contributed by atoms with Crippen molar-refractivity contribution in [3.63, 3.8) is 0 Å². The minimum atomic E-state index is -0.929. The monoisotopic (exact) mass is 600 g/mol. The highest BCUT2D eigenvalue weighted by molar-refractivity contribution is 7.99. The predicted molar refractivity (Wildman–Crippen MR) is 171 cm³/mol. The molecule has 7 nitrogen and oxygen atoms in total. The van der Waals surface area contributed by atoms with Crippen molar-refractivity contribution in [3.8, 4) is 5.82 Å². The zero-order chi connectivity index (χ0) is 29.0. The van der Waals surface area contributed by atoms with E-state index in [0.29, 0.717) is 11.4 Å². The maximum atomic E-state index is 6.67. The zero-order valence-corrected chi connectivity index (χ0v) is 24.7. The average molecular weight is 601 g/mol. The molecule has 2 unspecified atom stereocenters. The van der Waals surface area contributed by atoms with Crippen LogP contribution in [0.1, 0.15) is 33.9 Å². The molecule has 8 rings (SSSR count). The number of amidine groups is 1. The zero-order valence-electron chi connectivity index (χ0n) is 23.1. The van der Waals surface area contributed by atoms with Crippen LogP contribution >= 0.6 is 23.4 Å². The van der Waals surface area contributed by atoms with Crippen molar-refractivity contribution in [3.05, 3.63) is 143 Å². The molecule has 2 aromatic heterocycles. The molecule has 2 aliphatic heterocycles. The Morgan fingerprint density at radius 1 is 0.930 bits per heavy atom. The molecule has 0 N–H and O–H groups in total. The first-order chi connectivity index (χ1) is 21.1. The third-order valence-corrected chi connectivity index (χ3v) is 9.54. The Labute approximate surface area is 257 Å². The molecule has 2 atom stereocenters. The molecule has 0 bridgehead atoms. The number of pyridine rings is 1. The van der Waals surface area contributed by atoms with Gasteiger partial charge in [0.1, 0.15) is 12.7 Å². The number of anilines is 1. The third kappa shape index (κ3) is 4.37. The average Bonchev–Trinajstić information content (AvgIpc) is 3.68. The van der Waals surface area contributed by atoms with Gasteiger partial charge in [-0.3, -0.25) is 4.90 Å². The molecule has 9 heteroatoms. The van der Waals surface area contributed by atoms with Gasteiger partial charge >= 0.3 is 0 Å². The first kappa shape index (κ1) is 26.0. The molecule has 210 valence electrons. The van der Waals surface area contributed by atoms with E-state index in [1.807, 2.05) is 42.5 Å². The fourth-order valence-corrected chi connectivity index (χ4v) is 7.47. The lowest BCUT2D eigenvalue weighted by atomic mass is 9.91. The summed E-state index contributed by atoms with van der Waals surface area (Å²) >= 11 is 8.08. The maximum absolute atomic E-state index is 6.67. The first-order valence-electron chi connectivity index (χ1n) is 14.0. The number of benzene rings is 4. The first-order valence-corrected chi connectivity index (χ1v) is 15.2. The van der Waals surface area contributed by atoms with Crippen molar-refractivity contribution in [2.75, 3.05) is 4.90 Å². The van der Waals surface area contributed by atoms with E-state index in [9.17, 15) is 0 Å². The van der Waals surface area contributed by atoms with Crippen LogP contribution in [0.25, 0.3) is 16.7 Å². The van der Waals surface area contributed by atoms with Crippen LogP contribution in [0.3, 0.4) is 0 Å². The van der Waals surface area contributed by atoms with Crippen LogP contribution in [-0.4, -0.2) is 25.6 Å². The van der Waals surface area contributed by atoms with Crippen molar-refractivity contribution >= 4 is 45.8 Å². The molecule has 0 fully saturated rings. The number of thioether (sulfide) groups is 1. The summed E-state index contributed by atoms with van der Waals surface area (Å²) in [6, 6.07) is 35.1. The Kier molecular flexibility index (Phi) is 6.20. The second-order valence-corrected chi connectivity index (χ2v) is 12.4. The lowest BCUT2D eigenvalue weighted by Crippen LogP contribution is -2.47. The summed E-state index contributed by atoms with van der Waals surface area (Å²) in [5, 5.41) is 10.9. The van der Waals surface area contributed by atoms with E-state index in [-0.39, 0.29) is 5.25 Å². The highest BCUT2D eigenvalue weighted by Crippen LogP contribution is 2.56. The smallest absolute Gasteiger partial charge is 0.242 e. The molecule has 0 aliphatic carbocycles.